The summed E-state index contributed by atoms with van der Waals surface area (Å²) < 4.78 is 4.94. The molecule has 1 aliphatic rings. The lowest BCUT2D eigenvalue weighted by molar-refractivity contribution is -0.148. The van der Waals surface area contributed by atoms with Crippen LogP contribution in [0.4, 0.5) is 0 Å². The van der Waals surface area contributed by atoms with Crippen molar-refractivity contribution in [3.05, 3.63) is 0 Å². The van der Waals surface area contributed by atoms with Crippen LogP contribution in [0.15, 0.2) is 0 Å². The van der Waals surface area contributed by atoms with E-state index in [1.165, 1.54) is 0 Å². The molecular formula is C11H20N2O3. The van der Waals surface area contributed by atoms with Crippen molar-refractivity contribution in [1.29, 1.82) is 0 Å². The molecule has 0 radical (unpaired) electrons. The molecule has 3 unspecified atom stereocenters. The van der Waals surface area contributed by atoms with Gasteiger partial charge in [-0.15, -0.1) is 0 Å². The quantitative estimate of drug-likeness (QED) is 0.653. The third kappa shape index (κ3) is 3.20. The monoisotopic (exact) mass is 228 g/mol. The fraction of sp³-hybridized carbons (Fsp3) is 0.818. The Bertz CT molecular complexity index is 268. The van der Waals surface area contributed by atoms with Crippen LogP contribution < -0.4 is 10.6 Å². The largest absolute Gasteiger partial charge is 0.466 e. The number of esters is 1. The van der Waals surface area contributed by atoms with Crippen molar-refractivity contribution in [2.45, 2.75) is 39.3 Å². The molecule has 1 aliphatic heterocycles. The summed E-state index contributed by atoms with van der Waals surface area (Å²) in [5.41, 5.74) is 0. The highest BCUT2D eigenvalue weighted by molar-refractivity contribution is 5.83. The van der Waals surface area contributed by atoms with Gasteiger partial charge in [0.25, 0.3) is 0 Å². The lowest BCUT2D eigenvalue weighted by Gasteiger charge is -2.22. The first kappa shape index (κ1) is 13.0. The first-order chi connectivity index (χ1) is 7.56. The Labute approximate surface area is 95.9 Å². The van der Waals surface area contributed by atoms with Gasteiger partial charge >= 0.3 is 5.97 Å². The van der Waals surface area contributed by atoms with Gasteiger partial charge in [-0.3, -0.25) is 9.59 Å². The van der Waals surface area contributed by atoms with E-state index in [9.17, 15) is 9.59 Å². The van der Waals surface area contributed by atoms with E-state index in [2.05, 4.69) is 10.6 Å². The summed E-state index contributed by atoms with van der Waals surface area (Å²) in [6.07, 6.45) is 0.777. The third-order valence-corrected chi connectivity index (χ3v) is 2.92. The van der Waals surface area contributed by atoms with Crippen molar-refractivity contribution < 1.29 is 14.3 Å². The minimum absolute atomic E-state index is 0.0166. The number of carbonyl (C=O) groups excluding carboxylic acids is 2. The van der Waals surface area contributed by atoms with Crippen molar-refractivity contribution in [3.8, 4) is 0 Å². The normalized spacial score (nSPS) is 23.7. The summed E-state index contributed by atoms with van der Waals surface area (Å²) in [6.45, 7) is 6.58. The smallest absolute Gasteiger partial charge is 0.310 e. The van der Waals surface area contributed by atoms with Crippen molar-refractivity contribution in [2.24, 2.45) is 5.92 Å². The zero-order valence-corrected chi connectivity index (χ0v) is 10.1. The van der Waals surface area contributed by atoms with Gasteiger partial charge in [-0.25, -0.2) is 0 Å². The molecule has 1 saturated heterocycles. The molecule has 1 rings (SSSR count). The predicted octanol–water partition coefficient (Wildman–Crippen LogP) is 0.0522. The fourth-order valence-corrected chi connectivity index (χ4v) is 1.69. The highest BCUT2D eigenvalue weighted by Gasteiger charge is 2.29. The van der Waals surface area contributed by atoms with Crippen LogP contribution >= 0.6 is 0 Å². The number of nitrogens with one attached hydrogen (secondary N) is 2. The SMILES string of the molecule is CCOC(=O)C(C)C(C)NC1CCNC1=O. The fourth-order valence-electron chi connectivity index (χ4n) is 1.69. The second-order valence-corrected chi connectivity index (χ2v) is 4.13. The minimum atomic E-state index is -0.242. The van der Waals surface area contributed by atoms with Crippen LogP contribution in [0.2, 0.25) is 0 Å². The van der Waals surface area contributed by atoms with Gasteiger partial charge in [0.15, 0.2) is 0 Å². The van der Waals surface area contributed by atoms with Crippen molar-refractivity contribution >= 4 is 11.9 Å². The van der Waals surface area contributed by atoms with Crippen LogP contribution in [0.1, 0.15) is 27.2 Å². The van der Waals surface area contributed by atoms with Gasteiger partial charge in [0.2, 0.25) is 5.91 Å². The molecule has 3 atom stereocenters. The number of rotatable bonds is 5. The van der Waals surface area contributed by atoms with Gasteiger partial charge in [-0.2, -0.15) is 0 Å². The van der Waals surface area contributed by atoms with Crippen LogP contribution in [0.5, 0.6) is 0 Å². The van der Waals surface area contributed by atoms with E-state index in [4.69, 9.17) is 4.74 Å². The predicted molar refractivity (Wildman–Crippen MR) is 59.8 cm³/mol. The van der Waals surface area contributed by atoms with Gasteiger partial charge in [-0.05, 0) is 20.3 Å². The lowest BCUT2D eigenvalue weighted by atomic mass is 10.0. The molecule has 1 amide bonds. The summed E-state index contributed by atoms with van der Waals surface area (Å²) in [4.78, 5) is 22.8. The van der Waals surface area contributed by atoms with Gasteiger partial charge in [0.1, 0.15) is 0 Å². The molecule has 0 bridgehead atoms. The number of hydrogen-bond acceptors (Lipinski definition) is 4. The second-order valence-electron chi connectivity index (χ2n) is 4.13. The van der Waals surface area contributed by atoms with Gasteiger partial charge in [0, 0.05) is 12.6 Å². The molecule has 5 nitrogen and oxygen atoms in total. The Balaban J connectivity index is 2.41. The summed E-state index contributed by atoms with van der Waals surface area (Å²) in [5, 5.41) is 5.91. The van der Waals surface area contributed by atoms with Crippen molar-refractivity contribution in [1.82, 2.24) is 10.6 Å². The van der Waals surface area contributed by atoms with E-state index < -0.39 is 0 Å². The van der Waals surface area contributed by atoms with E-state index in [0.29, 0.717) is 13.2 Å². The second kappa shape index (κ2) is 5.84. The third-order valence-electron chi connectivity index (χ3n) is 2.92. The molecular weight excluding hydrogens is 208 g/mol. The Morgan fingerprint density at radius 2 is 2.31 bits per heavy atom. The van der Waals surface area contributed by atoms with Crippen LogP contribution in [0.25, 0.3) is 0 Å². The van der Waals surface area contributed by atoms with Crippen LogP contribution in [0.3, 0.4) is 0 Å². The molecule has 0 spiro atoms. The molecule has 0 aromatic heterocycles. The van der Waals surface area contributed by atoms with Crippen molar-refractivity contribution in [3.63, 3.8) is 0 Å². The molecule has 2 N–H and O–H groups in total. The zero-order chi connectivity index (χ0) is 12.1. The molecule has 16 heavy (non-hydrogen) atoms. The van der Waals surface area contributed by atoms with Gasteiger partial charge in [-0.1, -0.05) is 6.92 Å². The molecule has 0 aliphatic carbocycles. The first-order valence-corrected chi connectivity index (χ1v) is 5.76. The molecule has 0 aromatic carbocycles. The van der Waals surface area contributed by atoms with E-state index in [-0.39, 0.29) is 29.9 Å². The maximum absolute atomic E-state index is 11.5. The minimum Gasteiger partial charge on any atom is -0.466 e. The Morgan fingerprint density at radius 3 is 2.81 bits per heavy atom. The van der Waals surface area contributed by atoms with Crippen LogP contribution in [-0.2, 0) is 14.3 Å². The van der Waals surface area contributed by atoms with Gasteiger partial charge in [0.05, 0.1) is 18.6 Å². The molecule has 1 fully saturated rings. The maximum atomic E-state index is 11.5. The molecule has 0 aromatic rings. The molecule has 92 valence electrons. The topological polar surface area (TPSA) is 67.4 Å². The molecule has 5 heteroatoms. The highest BCUT2D eigenvalue weighted by atomic mass is 16.5. The Hall–Kier alpha value is -1.10. The number of amides is 1. The van der Waals surface area contributed by atoms with Crippen molar-refractivity contribution in [2.75, 3.05) is 13.2 Å². The number of carbonyl (C=O) groups is 2. The standard InChI is InChI=1S/C11H20N2O3/c1-4-16-11(15)7(2)8(3)13-9-5-6-12-10(9)14/h7-9,13H,4-6H2,1-3H3,(H,12,14). The highest BCUT2D eigenvalue weighted by Crippen LogP contribution is 2.09. The lowest BCUT2D eigenvalue weighted by Crippen LogP contribution is -2.46. The summed E-state index contributed by atoms with van der Waals surface area (Å²) in [6, 6.07) is -0.236. The molecule has 1 heterocycles. The first-order valence-electron chi connectivity index (χ1n) is 5.76. The summed E-state index contributed by atoms with van der Waals surface area (Å²) in [7, 11) is 0. The zero-order valence-electron chi connectivity index (χ0n) is 10.1. The van der Waals surface area contributed by atoms with E-state index >= 15 is 0 Å². The van der Waals surface area contributed by atoms with Gasteiger partial charge < -0.3 is 15.4 Å². The van der Waals surface area contributed by atoms with E-state index in [1.807, 2.05) is 13.8 Å². The maximum Gasteiger partial charge on any atom is 0.310 e. The number of ether oxygens (including phenoxy) is 1. The van der Waals surface area contributed by atoms with E-state index in [0.717, 1.165) is 6.42 Å². The summed E-state index contributed by atoms with van der Waals surface area (Å²) in [5.74, 6) is -0.447. The number of hydrogen-bond donors (Lipinski definition) is 2. The van der Waals surface area contributed by atoms with E-state index in [1.54, 1.807) is 6.92 Å². The summed E-state index contributed by atoms with van der Waals surface area (Å²) >= 11 is 0. The van der Waals surface area contributed by atoms with Crippen LogP contribution in [0, 0.1) is 5.92 Å². The molecule has 0 saturated carbocycles. The average molecular weight is 228 g/mol. The van der Waals surface area contributed by atoms with Crippen LogP contribution in [-0.4, -0.2) is 37.1 Å². The average Bonchev–Trinajstić information content (AvgIpc) is 2.63. The Morgan fingerprint density at radius 1 is 1.62 bits per heavy atom. The Kier molecular flexibility index (Phi) is 4.73.